The summed E-state index contributed by atoms with van der Waals surface area (Å²) in [6, 6.07) is 27.2. The second kappa shape index (κ2) is 9.66. The number of fused-ring (bicyclic) bond motifs is 3. The van der Waals surface area contributed by atoms with Crippen molar-refractivity contribution in [1.29, 1.82) is 0 Å². The van der Waals surface area contributed by atoms with E-state index in [2.05, 4.69) is 17.0 Å². The third kappa shape index (κ3) is 4.42. The Morgan fingerprint density at radius 1 is 0.944 bits per heavy atom. The van der Waals surface area contributed by atoms with Gasteiger partial charge in [0, 0.05) is 24.7 Å². The Morgan fingerprint density at radius 2 is 1.58 bits per heavy atom. The van der Waals surface area contributed by atoms with Crippen LogP contribution in [0.3, 0.4) is 0 Å². The zero-order valence-corrected chi connectivity index (χ0v) is 21.1. The molecule has 5 rings (SSSR count). The van der Waals surface area contributed by atoms with Crippen LogP contribution in [0.5, 0.6) is 0 Å². The van der Waals surface area contributed by atoms with Crippen molar-refractivity contribution in [3.8, 4) is 0 Å². The van der Waals surface area contributed by atoms with Gasteiger partial charge in [0.05, 0.1) is 36.1 Å². The molecule has 2 heterocycles. The molecule has 0 spiro atoms. The number of rotatable bonds is 5. The normalized spacial score (nSPS) is 17.6. The molecule has 1 atom stereocenters. The number of para-hydroxylation sites is 1. The Morgan fingerprint density at radius 3 is 2.25 bits per heavy atom. The molecule has 1 aliphatic heterocycles. The predicted octanol–water partition coefficient (Wildman–Crippen LogP) is 4.70. The van der Waals surface area contributed by atoms with Crippen molar-refractivity contribution < 1.29 is 17.9 Å². The Bertz CT molecular complexity index is 1540. The van der Waals surface area contributed by atoms with Crippen molar-refractivity contribution >= 4 is 26.9 Å². The number of benzene rings is 3. The van der Waals surface area contributed by atoms with E-state index < -0.39 is 21.9 Å². The van der Waals surface area contributed by atoms with Crippen LogP contribution in [0.25, 0.3) is 10.9 Å². The van der Waals surface area contributed by atoms with Crippen LogP contribution < -0.4 is 0 Å². The van der Waals surface area contributed by atoms with Gasteiger partial charge in [-0.2, -0.15) is 0 Å². The number of ether oxygens (including phenoxy) is 1. The van der Waals surface area contributed by atoms with Crippen molar-refractivity contribution in [3.63, 3.8) is 0 Å². The molecule has 4 aromatic rings. The van der Waals surface area contributed by atoms with Gasteiger partial charge in [-0.15, -0.1) is 0 Å². The Kier molecular flexibility index (Phi) is 6.41. The predicted molar refractivity (Wildman–Crippen MR) is 141 cm³/mol. The molecule has 0 fully saturated rings. The highest BCUT2D eigenvalue weighted by molar-refractivity contribution is 7.89. The fraction of sp³-hybridized carbons (Fsp3) is 0.207. The fourth-order valence-electron chi connectivity index (χ4n) is 5.16. The molecule has 0 unspecified atom stereocenters. The number of hydrogen-bond donors (Lipinski definition) is 0. The van der Waals surface area contributed by atoms with Gasteiger partial charge in [0.2, 0.25) is 10.0 Å². The lowest BCUT2D eigenvalue weighted by Gasteiger charge is -2.30. The summed E-state index contributed by atoms with van der Waals surface area (Å²) < 4.78 is 33.1. The van der Waals surface area contributed by atoms with Crippen LogP contribution in [0, 0.1) is 0 Å². The quantitative estimate of drug-likeness (QED) is 0.372. The first kappa shape index (κ1) is 23.9. The standard InChI is InChI=1S/C29H28N2O4S/c1-35-29(32)25-20-30(19-21-11-5-3-6-12-21)18-17-24-23-15-9-10-16-26(23)31(36(2,33)34)28(24)27(25)22-13-7-4-8-14-22/h3-16,20,27H,17-19H2,1-2H3/b25-20+/t27-/m0/s1. The van der Waals surface area contributed by atoms with Gasteiger partial charge in [-0.25, -0.2) is 17.2 Å². The molecule has 0 aliphatic carbocycles. The summed E-state index contributed by atoms with van der Waals surface area (Å²) in [5, 5.41) is 0.879. The maximum Gasteiger partial charge on any atom is 0.336 e. The summed E-state index contributed by atoms with van der Waals surface area (Å²) in [5.74, 6) is -1.12. The third-order valence-corrected chi connectivity index (χ3v) is 7.70. The van der Waals surface area contributed by atoms with Crippen molar-refractivity contribution in [2.24, 2.45) is 0 Å². The van der Waals surface area contributed by atoms with E-state index in [1.165, 1.54) is 17.3 Å². The molecule has 0 N–H and O–H groups in total. The summed E-state index contributed by atoms with van der Waals surface area (Å²) in [6.07, 6.45) is 3.69. The number of hydrogen-bond acceptors (Lipinski definition) is 5. The molecule has 36 heavy (non-hydrogen) atoms. The molecule has 0 bridgehead atoms. The first-order valence-corrected chi connectivity index (χ1v) is 13.7. The molecule has 0 amide bonds. The van der Waals surface area contributed by atoms with Crippen LogP contribution in [0.1, 0.15) is 28.3 Å². The monoisotopic (exact) mass is 500 g/mol. The van der Waals surface area contributed by atoms with Crippen LogP contribution in [0.15, 0.2) is 96.7 Å². The molecule has 3 aromatic carbocycles. The second-order valence-corrected chi connectivity index (χ2v) is 10.9. The smallest absolute Gasteiger partial charge is 0.336 e. The molecular formula is C29H28N2O4S. The molecule has 1 aliphatic rings. The molecule has 0 radical (unpaired) electrons. The van der Waals surface area contributed by atoms with E-state index in [-0.39, 0.29) is 0 Å². The number of nitrogens with zero attached hydrogens (tertiary/aromatic N) is 2. The van der Waals surface area contributed by atoms with E-state index >= 15 is 0 Å². The van der Waals surface area contributed by atoms with E-state index in [0.717, 1.165) is 22.1 Å². The fourth-order valence-corrected chi connectivity index (χ4v) is 6.25. The van der Waals surface area contributed by atoms with Crippen LogP contribution in [-0.4, -0.2) is 43.2 Å². The largest absolute Gasteiger partial charge is 0.466 e. The highest BCUT2D eigenvalue weighted by Crippen LogP contribution is 2.41. The summed E-state index contributed by atoms with van der Waals surface area (Å²) in [4.78, 5) is 15.4. The molecule has 6 nitrogen and oxygen atoms in total. The maximum absolute atomic E-state index is 13.3. The van der Waals surface area contributed by atoms with E-state index in [1.54, 1.807) is 0 Å². The SMILES string of the molecule is COC(=O)/C1=C/N(Cc2ccccc2)CCc2c(n(S(C)(=O)=O)c3ccccc23)[C@H]1c1ccccc1. The molecule has 7 heteroatoms. The van der Waals surface area contributed by atoms with Crippen molar-refractivity contribution in [2.45, 2.75) is 18.9 Å². The van der Waals surface area contributed by atoms with Crippen LogP contribution in [0.4, 0.5) is 0 Å². The lowest BCUT2D eigenvalue weighted by molar-refractivity contribution is -0.136. The van der Waals surface area contributed by atoms with Gasteiger partial charge in [-0.05, 0) is 29.2 Å². The van der Waals surface area contributed by atoms with Gasteiger partial charge in [-0.1, -0.05) is 78.9 Å². The Hall–Kier alpha value is -3.84. The van der Waals surface area contributed by atoms with Crippen LogP contribution in [0.2, 0.25) is 0 Å². The van der Waals surface area contributed by atoms with Crippen molar-refractivity contribution in [2.75, 3.05) is 19.9 Å². The Balaban J connectivity index is 1.82. The summed E-state index contributed by atoms with van der Waals surface area (Å²) in [7, 11) is -2.33. The maximum atomic E-state index is 13.3. The molecule has 0 saturated carbocycles. The highest BCUT2D eigenvalue weighted by atomic mass is 32.2. The number of carbonyl (C=O) groups excluding carboxylic acids is 1. The summed E-state index contributed by atoms with van der Waals surface area (Å²) in [5.41, 5.74) is 4.48. The topological polar surface area (TPSA) is 68.6 Å². The zero-order chi connectivity index (χ0) is 25.3. The van der Waals surface area contributed by atoms with Gasteiger partial charge in [0.15, 0.2) is 0 Å². The number of aromatic nitrogens is 1. The molecule has 1 aromatic heterocycles. The van der Waals surface area contributed by atoms with E-state index in [9.17, 15) is 13.2 Å². The average molecular weight is 501 g/mol. The van der Waals surface area contributed by atoms with E-state index in [0.29, 0.717) is 36.3 Å². The van der Waals surface area contributed by atoms with Crippen molar-refractivity contribution in [1.82, 2.24) is 8.87 Å². The van der Waals surface area contributed by atoms with E-state index in [1.807, 2.05) is 79.0 Å². The minimum absolute atomic E-state index is 0.397. The van der Waals surface area contributed by atoms with Crippen LogP contribution >= 0.6 is 0 Å². The Labute approximate surface area is 211 Å². The lowest BCUT2D eigenvalue weighted by atomic mass is 9.84. The lowest BCUT2D eigenvalue weighted by Crippen LogP contribution is -2.29. The summed E-state index contributed by atoms with van der Waals surface area (Å²) >= 11 is 0. The third-order valence-electron chi connectivity index (χ3n) is 6.65. The minimum Gasteiger partial charge on any atom is -0.466 e. The molecule has 184 valence electrons. The second-order valence-electron chi connectivity index (χ2n) is 9.03. The first-order chi connectivity index (χ1) is 17.4. The van der Waals surface area contributed by atoms with Gasteiger partial charge in [0.1, 0.15) is 0 Å². The number of methoxy groups -OCH3 is 1. The number of carbonyl (C=O) groups is 1. The number of esters is 1. The summed E-state index contributed by atoms with van der Waals surface area (Å²) in [6.45, 7) is 1.23. The van der Waals surface area contributed by atoms with E-state index in [4.69, 9.17) is 4.74 Å². The molecular weight excluding hydrogens is 472 g/mol. The van der Waals surface area contributed by atoms with Gasteiger partial charge in [-0.3, -0.25) is 0 Å². The highest BCUT2D eigenvalue weighted by Gasteiger charge is 2.36. The minimum atomic E-state index is -3.69. The zero-order valence-electron chi connectivity index (χ0n) is 20.3. The van der Waals surface area contributed by atoms with Gasteiger partial charge >= 0.3 is 5.97 Å². The van der Waals surface area contributed by atoms with Crippen molar-refractivity contribution in [3.05, 3.63) is 119 Å². The van der Waals surface area contributed by atoms with Gasteiger partial charge < -0.3 is 9.64 Å². The molecule has 0 saturated heterocycles. The first-order valence-electron chi connectivity index (χ1n) is 11.8. The van der Waals surface area contributed by atoms with Crippen LogP contribution in [-0.2, 0) is 32.5 Å². The van der Waals surface area contributed by atoms with Gasteiger partial charge in [0.25, 0.3) is 0 Å². The average Bonchev–Trinajstić information content (AvgIpc) is 3.20.